The number of hydrogen-bond donors (Lipinski definition) is 2. The Kier molecular flexibility index (Phi) is 2.45. The minimum absolute atomic E-state index is 0.154. The van der Waals surface area contributed by atoms with E-state index >= 15 is 0 Å². The molecule has 0 aliphatic carbocycles. The molecule has 0 saturated heterocycles. The van der Waals surface area contributed by atoms with Gasteiger partial charge in [0.15, 0.2) is 0 Å². The molecule has 2 nitrogen and oxygen atoms in total. The second-order valence-electron chi connectivity index (χ2n) is 4.24. The molecule has 1 unspecified atom stereocenters. The Morgan fingerprint density at radius 3 is 2.65 bits per heavy atom. The molecule has 1 atom stereocenters. The number of fused-ring (bicyclic) bond motifs is 1. The van der Waals surface area contributed by atoms with E-state index in [0.717, 1.165) is 17.7 Å². The molecule has 2 aromatic rings. The fourth-order valence-electron chi connectivity index (χ4n) is 2.27. The number of aromatic hydroxyl groups is 1. The zero-order valence-electron chi connectivity index (χ0n) is 9.15. The molecule has 0 spiro atoms. The van der Waals surface area contributed by atoms with E-state index < -0.39 is 0 Å². The summed E-state index contributed by atoms with van der Waals surface area (Å²) in [5, 5.41) is 13.5. The van der Waals surface area contributed by atoms with Crippen LogP contribution in [0.2, 0.25) is 5.02 Å². The number of phenols is 1. The molecule has 2 aromatic carbocycles. The lowest BCUT2D eigenvalue weighted by Crippen LogP contribution is -2.04. The minimum Gasteiger partial charge on any atom is -0.506 e. The normalized spacial score (nSPS) is 17.6. The van der Waals surface area contributed by atoms with Gasteiger partial charge >= 0.3 is 0 Å². The Morgan fingerprint density at radius 1 is 1.12 bits per heavy atom. The third kappa shape index (κ3) is 1.75. The molecule has 1 aliphatic rings. The Hall–Kier alpha value is -1.67. The van der Waals surface area contributed by atoms with Gasteiger partial charge in [-0.05, 0) is 17.7 Å². The van der Waals surface area contributed by atoms with Gasteiger partial charge in [-0.2, -0.15) is 0 Å². The maximum absolute atomic E-state index is 9.58. The van der Waals surface area contributed by atoms with Crippen molar-refractivity contribution < 1.29 is 5.11 Å². The molecule has 0 radical (unpaired) electrons. The molecular formula is C14H12ClNO. The van der Waals surface area contributed by atoms with E-state index in [1.807, 2.05) is 24.3 Å². The van der Waals surface area contributed by atoms with Gasteiger partial charge in [0.25, 0.3) is 0 Å². The Bertz CT molecular complexity index is 554. The van der Waals surface area contributed by atoms with E-state index in [9.17, 15) is 5.11 Å². The average molecular weight is 246 g/mol. The summed E-state index contributed by atoms with van der Waals surface area (Å²) in [7, 11) is 0. The SMILES string of the molecule is Oc1ccc2c(c1Cl)CC(c1ccccc1)N2. The fourth-order valence-corrected chi connectivity index (χ4v) is 2.51. The Morgan fingerprint density at radius 2 is 1.88 bits per heavy atom. The molecule has 17 heavy (non-hydrogen) atoms. The highest BCUT2D eigenvalue weighted by Crippen LogP contribution is 2.41. The predicted octanol–water partition coefficient (Wildman–Crippen LogP) is 3.75. The standard InChI is InChI=1S/C14H12ClNO/c15-14-10-8-12(9-4-2-1-3-5-9)16-11(10)6-7-13(14)17/h1-7,12,16-17H,8H2. The quantitative estimate of drug-likeness (QED) is 0.750. The molecule has 1 aliphatic heterocycles. The molecular weight excluding hydrogens is 234 g/mol. The highest BCUT2D eigenvalue weighted by atomic mass is 35.5. The van der Waals surface area contributed by atoms with Crippen LogP contribution in [0.3, 0.4) is 0 Å². The lowest BCUT2D eigenvalue weighted by atomic mass is 10.0. The molecule has 2 N–H and O–H groups in total. The van der Waals surface area contributed by atoms with Crippen LogP contribution in [0.1, 0.15) is 17.2 Å². The van der Waals surface area contributed by atoms with E-state index in [2.05, 4.69) is 17.4 Å². The first kappa shape index (κ1) is 10.5. The maximum atomic E-state index is 9.58. The van der Waals surface area contributed by atoms with Crippen molar-refractivity contribution in [2.75, 3.05) is 5.32 Å². The fraction of sp³-hybridized carbons (Fsp3) is 0.143. The molecule has 3 heteroatoms. The predicted molar refractivity (Wildman–Crippen MR) is 69.6 cm³/mol. The topological polar surface area (TPSA) is 32.3 Å². The van der Waals surface area contributed by atoms with Gasteiger partial charge in [-0.3, -0.25) is 0 Å². The van der Waals surface area contributed by atoms with E-state index in [-0.39, 0.29) is 11.8 Å². The van der Waals surface area contributed by atoms with Crippen molar-refractivity contribution in [1.82, 2.24) is 0 Å². The largest absolute Gasteiger partial charge is 0.506 e. The molecule has 3 rings (SSSR count). The van der Waals surface area contributed by atoms with Crippen molar-refractivity contribution >= 4 is 17.3 Å². The van der Waals surface area contributed by atoms with Crippen molar-refractivity contribution in [3.05, 3.63) is 58.6 Å². The van der Waals surface area contributed by atoms with Gasteiger partial charge in [-0.1, -0.05) is 41.9 Å². The number of nitrogens with one attached hydrogen (secondary N) is 1. The van der Waals surface area contributed by atoms with Gasteiger partial charge < -0.3 is 10.4 Å². The van der Waals surface area contributed by atoms with Crippen LogP contribution in [0.4, 0.5) is 5.69 Å². The van der Waals surface area contributed by atoms with Crippen LogP contribution in [-0.4, -0.2) is 5.11 Å². The van der Waals surface area contributed by atoms with E-state index in [1.54, 1.807) is 6.07 Å². The van der Waals surface area contributed by atoms with Crippen molar-refractivity contribution in [3.63, 3.8) is 0 Å². The van der Waals surface area contributed by atoms with Gasteiger partial charge in [0.1, 0.15) is 5.75 Å². The van der Waals surface area contributed by atoms with Gasteiger partial charge in [0.05, 0.1) is 11.1 Å². The zero-order chi connectivity index (χ0) is 11.8. The van der Waals surface area contributed by atoms with Crippen LogP contribution < -0.4 is 5.32 Å². The summed E-state index contributed by atoms with van der Waals surface area (Å²) >= 11 is 6.10. The Labute approximate surface area is 105 Å². The first-order chi connectivity index (χ1) is 8.25. The lowest BCUT2D eigenvalue weighted by Gasteiger charge is -2.10. The lowest BCUT2D eigenvalue weighted by molar-refractivity contribution is 0.475. The summed E-state index contributed by atoms with van der Waals surface area (Å²) < 4.78 is 0. The van der Waals surface area contributed by atoms with E-state index in [0.29, 0.717) is 5.02 Å². The molecule has 0 bridgehead atoms. The van der Waals surface area contributed by atoms with Crippen molar-refractivity contribution in [2.24, 2.45) is 0 Å². The number of benzene rings is 2. The number of hydrogen-bond acceptors (Lipinski definition) is 2. The molecule has 0 amide bonds. The van der Waals surface area contributed by atoms with Crippen LogP contribution in [0.25, 0.3) is 0 Å². The third-order valence-electron chi connectivity index (χ3n) is 3.16. The van der Waals surface area contributed by atoms with Crippen LogP contribution in [-0.2, 0) is 6.42 Å². The molecule has 86 valence electrons. The molecule has 0 fully saturated rings. The van der Waals surface area contributed by atoms with Crippen LogP contribution in [0.5, 0.6) is 5.75 Å². The summed E-state index contributed by atoms with van der Waals surface area (Å²) in [4.78, 5) is 0. The molecule has 0 saturated carbocycles. The summed E-state index contributed by atoms with van der Waals surface area (Å²) in [5.74, 6) is 0.154. The average Bonchev–Trinajstić information content (AvgIpc) is 2.80. The maximum Gasteiger partial charge on any atom is 0.134 e. The van der Waals surface area contributed by atoms with E-state index in [1.165, 1.54) is 5.56 Å². The highest BCUT2D eigenvalue weighted by Gasteiger charge is 2.25. The van der Waals surface area contributed by atoms with Crippen molar-refractivity contribution in [3.8, 4) is 5.75 Å². The van der Waals surface area contributed by atoms with Crippen LogP contribution in [0.15, 0.2) is 42.5 Å². The highest BCUT2D eigenvalue weighted by molar-refractivity contribution is 6.33. The van der Waals surface area contributed by atoms with Crippen molar-refractivity contribution in [1.29, 1.82) is 0 Å². The summed E-state index contributed by atoms with van der Waals surface area (Å²) in [5.41, 5.74) is 3.25. The van der Waals surface area contributed by atoms with Crippen LogP contribution >= 0.6 is 11.6 Å². The van der Waals surface area contributed by atoms with Crippen LogP contribution in [0, 0.1) is 0 Å². The zero-order valence-corrected chi connectivity index (χ0v) is 9.91. The Balaban J connectivity index is 1.96. The van der Waals surface area contributed by atoms with Crippen molar-refractivity contribution in [2.45, 2.75) is 12.5 Å². The minimum atomic E-state index is 0.154. The summed E-state index contributed by atoms with van der Waals surface area (Å²) in [6.45, 7) is 0. The summed E-state index contributed by atoms with van der Waals surface area (Å²) in [6, 6.07) is 14.0. The number of phenolic OH excluding ortho intramolecular Hbond substituents is 1. The van der Waals surface area contributed by atoms with E-state index in [4.69, 9.17) is 11.6 Å². The molecule has 0 aromatic heterocycles. The second-order valence-corrected chi connectivity index (χ2v) is 4.61. The molecule has 1 heterocycles. The first-order valence-electron chi connectivity index (χ1n) is 5.57. The van der Waals surface area contributed by atoms with Gasteiger partial charge in [-0.25, -0.2) is 0 Å². The first-order valence-corrected chi connectivity index (χ1v) is 5.95. The number of halogens is 1. The summed E-state index contributed by atoms with van der Waals surface area (Å²) in [6.07, 6.45) is 0.812. The van der Waals surface area contributed by atoms with Gasteiger partial charge in [0, 0.05) is 17.7 Å². The second kappa shape index (κ2) is 3.97. The number of rotatable bonds is 1. The van der Waals surface area contributed by atoms with Gasteiger partial charge in [-0.15, -0.1) is 0 Å². The number of anilines is 1. The smallest absolute Gasteiger partial charge is 0.134 e. The van der Waals surface area contributed by atoms with Gasteiger partial charge in [0.2, 0.25) is 0 Å². The monoisotopic (exact) mass is 245 g/mol. The third-order valence-corrected chi connectivity index (χ3v) is 3.58.